The Morgan fingerprint density at radius 2 is 2.21 bits per heavy atom. The van der Waals surface area contributed by atoms with Crippen molar-refractivity contribution in [3.63, 3.8) is 0 Å². The number of aromatic hydroxyl groups is 1. The van der Waals surface area contributed by atoms with Crippen LogP contribution in [0.3, 0.4) is 0 Å². The Bertz CT molecular complexity index is 349. The lowest BCUT2D eigenvalue weighted by molar-refractivity contribution is -0.145. The van der Waals surface area contributed by atoms with E-state index in [4.69, 9.17) is 16.3 Å². The number of phenols is 1. The predicted molar refractivity (Wildman–Crippen MR) is 53.3 cm³/mol. The van der Waals surface area contributed by atoms with Gasteiger partial charge in [0.25, 0.3) is 0 Å². The van der Waals surface area contributed by atoms with E-state index in [1.165, 1.54) is 19.1 Å². The minimum atomic E-state index is -0.452. The highest BCUT2D eigenvalue weighted by Gasteiger charge is 2.12. The highest BCUT2D eigenvalue weighted by Crippen LogP contribution is 2.28. The highest BCUT2D eigenvalue weighted by molar-refractivity contribution is 6.31. The molecule has 14 heavy (non-hydrogen) atoms. The largest absolute Gasteiger partial charge is 0.508 e. The van der Waals surface area contributed by atoms with Gasteiger partial charge < -0.3 is 9.84 Å². The first kappa shape index (κ1) is 10.9. The van der Waals surface area contributed by atoms with Crippen LogP contribution in [0.1, 0.15) is 25.5 Å². The van der Waals surface area contributed by atoms with Crippen LogP contribution in [0.15, 0.2) is 18.2 Å². The van der Waals surface area contributed by atoms with Gasteiger partial charge in [0.1, 0.15) is 11.9 Å². The second-order valence-corrected chi connectivity index (χ2v) is 3.36. The maximum absolute atomic E-state index is 10.7. The fourth-order valence-electron chi connectivity index (χ4n) is 1.16. The summed E-state index contributed by atoms with van der Waals surface area (Å²) in [6.07, 6.45) is -0.452. The van der Waals surface area contributed by atoms with E-state index in [2.05, 4.69) is 0 Å². The molecule has 1 unspecified atom stereocenters. The lowest BCUT2D eigenvalue weighted by atomic mass is 10.1. The van der Waals surface area contributed by atoms with Crippen LogP contribution in [0.2, 0.25) is 5.02 Å². The Morgan fingerprint density at radius 1 is 1.57 bits per heavy atom. The van der Waals surface area contributed by atoms with Crippen LogP contribution < -0.4 is 0 Å². The summed E-state index contributed by atoms with van der Waals surface area (Å²) < 4.78 is 4.94. The molecule has 3 nitrogen and oxygen atoms in total. The number of hydrogen-bond donors (Lipinski definition) is 1. The molecule has 1 rings (SSSR count). The van der Waals surface area contributed by atoms with Crippen LogP contribution in [0, 0.1) is 0 Å². The normalized spacial score (nSPS) is 12.2. The van der Waals surface area contributed by atoms with E-state index in [1.807, 2.05) is 0 Å². The van der Waals surface area contributed by atoms with Crippen LogP contribution in [0.4, 0.5) is 0 Å². The van der Waals surface area contributed by atoms with E-state index in [9.17, 15) is 9.90 Å². The maximum atomic E-state index is 10.7. The number of halogens is 1. The maximum Gasteiger partial charge on any atom is 0.303 e. The Balaban J connectivity index is 2.93. The van der Waals surface area contributed by atoms with Gasteiger partial charge in [0.2, 0.25) is 0 Å². The monoisotopic (exact) mass is 214 g/mol. The van der Waals surface area contributed by atoms with Gasteiger partial charge in [0.15, 0.2) is 0 Å². The van der Waals surface area contributed by atoms with E-state index in [0.29, 0.717) is 10.6 Å². The van der Waals surface area contributed by atoms with Crippen molar-refractivity contribution in [3.8, 4) is 5.75 Å². The zero-order chi connectivity index (χ0) is 10.7. The molecule has 0 spiro atoms. The molecule has 1 N–H and O–H groups in total. The third kappa shape index (κ3) is 2.64. The molecule has 0 aliphatic carbocycles. The number of benzene rings is 1. The molecule has 1 atom stereocenters. The summed E-state index contributed by atoms with van der Waals surface area (Å²) in [4.78, 5) is 10.7. The van der Waals surface area contributed by atoms with E-state index in [-0.39, 0.29) is 11.7 Å². The van der Waals surface area contributed by atoms with Gasteiger partial charge in [-0.05, 0) is 25.1 Å². The molecule has 0 aliphatic heterocycles. The van der Waals surface area contributed by atoms with Crippen LogP contribution in [-0.4, -0.2) is 11.1 Å². The first-order valence-corrected chi connectivity index (χ1v) is 4.54. The molecule has 0 saturated heterocycles. The quantitative estimate of drug-likeness (QED) is 0.770. The minimum Gasteiger partial charge on any atom is -0.508 e. The molecule has 0 heterocycles. The van der Waals surface area contributed by atoms with Crippen LogP contribution in [0.25, 0.3) is 0 Å². The summed E-state index contributed by atoms with van der Waals surface area (Å²) in [6.45, 7) is 3.02. The summed E-state index contributed by atoms with van der Waals surface area (Å²) >= 11 is 5.87. The number of carbonyl (C=O) groups is 1. The predicted octanol–water partition coefficient (Wildman–Crippen LogP) is 2.67. The van der Waals surface area contributed by atoms with Gasteiger partial charge in [-0.1, -0.05) is 11.6 Å². The molecule has 0 radical (unpaired) electrons. The molecule has 0 saturated carbocycles. The van der Waals surface area contributed by atoms with Gasteiger partial charge >= 0.3 is 5.97 Å². The van der Waals surface area contributed by atoms with Gasteiger partial charge in [-0.25, -0.2) is 0 Å². The summed E-state index contributed by atoms with van der Waals surface area (Å²) in [5.74, 6) is -0.277. The first-order chi connectivity index (χ1) is 6.50. The third-order valence-corrected chi connectivity index (χ3v) is 2.10. The van der Waals surface area contributed by atoms with Crippen molar-refractivity contribution in [3.05, 3.63) is 28.8 Å². The second-order valence-electron chi connectivity index (χ2n) is 2.96. The number of phenolic OH excluding ortho intramolecular Hbond substituents is 1. The third-order valence-electron chi connectivity index (χ3n) is 1.76. The van der Waals surface area contributed by atoms with E-state index >= 15 is 0 Å². The Hall–Kier alpha value is -1.22. The van der Waals surface area contributed by atoms with Crippen molar-refractivity contribution >= 4 is 17.6 Å². The van der Waals surface area contributed by atoms with Crippen molar-refractivity contribution < 1.29 is 14.6 Å². The Labute approximate surface area is 87.3 Å². The number of carbonyl (C=O) groups excluding carboxylic acids is 1. The van der Waals surface area contributed by atoms with Gasteiger partial charge in [0, 0.05) is 17.5 Å². The SMILES string of the molecule is CC(=O)OC(C)c1cc(O)ccc1Cl. The summed E-state index contributed by atoms with van der Waals surface area (Å²) in [6, 6.07) is 4.52. The zero-order valence-corrected chi connectivity index (χ0v) is 8.71. The van der Waals surface area contributed by atoms with Crippen LogP contribution in [0.5, 0.6) is 5.75 Å². The van der Waals surface area contributed by atoms with Crippen molar-refractivity contribution in [2.24, 2.45) is 0 Å². The number of rotatable bonds is 2. The number of ether oxygens (including phenoxy) is 1. The fraction of sp³-hybridized carbons (Fsp3) is 0.300. The second kappa shape index (κ2) is 4.33. The first-order valence-electron chi connectivity index (χ1n) is 4.16. The van der Waals surface area contributed by atoms with E-state index in [1.54, 1.807) is 13.0 Å². The van der Waals surface area contributed by atoms with Gasteiger partial charge in [0.05, 0.1) is 0 Å². The fourth-order valence-corrected chi connectivity index (χ4v) is 1.43. The molecule has 0 aromatic heterocycles. The van der Waals surface area contributed by atoms with Crippen molar-refractivity contribution in [2.45, 2.75) is 20.0 Å². The Morgan fingerprint density at radius 3 is 2.79 bits per heavy atom. The Kier molecular flexibility index (Phi) is 3.36. The summed E-state index contributed by atoms with van der Waals surface area (Å²) in [5, 5.41) is 9.69. The van der Waals surface area contributed by atoms with Gasteiger partial charge in [-0.3, -0.25) is 4.79 Å². The van der Waals surface area contributed by atoms with Crippen LogP contribution >= 0.6 is 11.6 Å². The summed E-state index contributed by atoms with van der Waals surface area (Å²) in [7, 11) is 0. The topological polar surface area (TPSA) is 46.5 Å². The molecule has 0 fully saturated rings. The molecule has 1 aromatic rings. The van der Waals surface area contributed by atoms with Gasteiger partial charge in [-0.2, -0.15) is 0 Å². The van der Waals surface area contributed by atoms with Crippen molar-refractivity contribution in [1.82, 2.24) is 0 Å². The van der Waals surface area contributed by atoms with E-state index < -0.39 is 6.10 Å². The molecule has 0 amide bonds. The lowest BCUT2D eigenvalue weighted by Crippen LogP contribution is -2.05. The smallest absolute Gasteiger partial charge is 0.303 e. The van der Waals surface area contributed by atoms with Crippen molar-refractivity contribution in [1.29, 1.82) is 0 Å². The molecule has 4 heteroatoms. The standard InChI is InChI=1S/C10H11ClO3/c1-6(14-7(2)12)9-5-8(13)3-4-10(9)11/h3-6,13H,1-2H3. The molecule has 76 valence electrons. The zero-order valence-electron chi connectivity index (χ0n) is 7.95. The number of hydrogen-bond acceptors (Lipinski definition) is 3. The average molecular weight is 215 g/mol. The molecule has 0 aliphatic rings. The average Bonchev–Trinajstić information content (AvgIpc) is 2.08. The highest BCUT2D eigenvalue weighted by atomic mass is 35.5. The molecular weight excluding hydrogens is 204 g/mol. The molecular formula is C10H11ClO3. The minimum absolute atomic E-state index is 0.100. The molecule has 1 aromatic carbocycles. The van der Waals surface area contributed by atoms with Gasteiger partial charge in [-0.15, -0.1) is 0 Å². The van der Waals surface area contributed by atoms with Crippen molar-refractivity contribution in [2.75, 3.05) is 0 Å². The lowest BCUT2D eigenvalue weighted by Gasteiger charge is -2.13. The molecule has 0 bridgehead atoms. The van der Waals surface area contributed by atoms with Crippen LogP contribution in [-0.2, 0) is 9.53 Å². The van der Waals surface area contributed by atoms with E-state index in [0.717, 1.165) is 0 Å². The summed E-state index contributed by atoms with van der Waals surface area (Å²) in [5.41, 5.74) is 0.599. The number of esters is 1.